The first-order chi connectivity index (χ1) is 14.2. The largest absolute Gasteiger partial charge is 0.491 e. The van der Waals surface area contributed by atoms with Gasteiger partial charge in [0, 0.05) is 24.8 Å². The van der Waals surface area contributed by atoms with Crippen molar-refractivity contribution in [1.29, 1.82) is 0 Å². The van der Waals surface area contributed by atoms with Gasteiger partial charge in [-0.2, -0.15) is 0 Å². The van der Waals surface area contributed by atoms with Gasteiger partial charge in [-0.1, -0.05) is 0 Å². The lowest BCUT2D eigenvalue weighted by molar-refractivity contribution is 0.0553. The molecule has 1 atom stereocenters. The number of imidazole rings is 1. The predicted molar refractivity (Wildman–Crippen MR) is 112 cm³/mol. The summed E-state index contributed by atoms with van der Waals surface area (Å²) in [4.78, 5) is 13.6. The number of hydrogen-bond donors (Lipinski definition) is 2. The molecular weight excluding hydrogens is 368 g/mol. The van der Waals surface area contributed by atoms with Crippen molar-refractivity contribution < 1.29 is 9.47 Å². The van der Waals surface area contributed by atoms with Crippen molar-refractivity contribution in [2.75, 3.05) is 31.6 Å². The summed E-state index contributed by atoms with van der Waals surface area (Å²) < 4.78 is 13.3. The van der Waals surface area contributed by atoms with Crippen LogP contribution in [0.4, 0.5) is 5.82 Å². The van der Waals surface area contributed by atoms with Crippen molar-refractivity contribution in [2.45, 2.75) is 38.8 Å². The molecule has 2 N–H and O–H groups in total. The van der Waals surface area contributed by atoms with E-state index in [-0.39, 0.29) is 6.10 Å². The van der Waals surface area contributed by atoms with Gasteiger partial charge in [0.05, 0.1) is 37.0 Å². The van der Waals surface area contributed by atoms with Crippen molar-refractivity contribution in [3.63, 3.8) is 0 Å². The first-order valence-corrected chi connectivity index (χ1v) is 10.2. The van der Waals surface area contributed by atoms with Crippen molar-refractivity contribution in [2.24, 2.45) is 0 Å². The molecule has 0 bridgehead atoms. The second-order valence-corrected chi connectivity index (χ2v) is 7.48. The highest BCUT2D eigenvalue weighted by molar-refractivity contribution is 5.61. The number of pyridine rings is 1. The van der Waals surface area contributed by atoms with Crippen molar-refractivity contribution >= 4 is 11.5 Å². The van der Waals surface area contributed by atoms with Gasteiger partial charge in [0.2, 0.25) is 0 Å². The first-order valence-electron chi connectivity index (χ1n) is 10.2. The maximum absolute atomic E-state index is 5.76. The molecule has 4 heterocycles. The van der Waals surface area contributed by atoms with Crippen LogP contribution in [0, 0.1) is 0 Å². The predicted octanol–water partition coefficient (Wildman–Crippen LogP) is 2.76. The molecule has 4 rings (SSSR count). The highest BCUT2D eigenvalue weighted by Crippen LogP contribution is 2.22. The quantitative estimate of drug-likeness (QED) is 0.566. The average Bonchev–Trinajstić information content (AvgIpc) is 3.15. The summed E-state index contributed by atoms with van der Waals surface area (Å²) in [5, 5.41) is 6.89. The molecule has 0 amide bonds. The minimum atomic E-state index is 0.205. The Morgan fingerprint density at radius 3 is 3.03 bits per heavy atom. The monoisotopic (exact) mass is 396 g/mol. The summed E-state index contributed by atoms with van der Waals surface area (Å²) in [6.07, 6.45) is 9.82. The molecule has 0 saturated carbocycles. The van der Waals surface area contributed by atoms with E-state index in [1.54, 1.807) is 12.4 Å². The Morgan fingerprint density at radius 1 is 1.28 bits per heavy atom. The Bertz CT molecular complexity index is 936. The van der Waals surface area contributed by atoms with Crippen LogP contribution in [0.5, 0.6) is 5.75 Å². The van der Waals surface area contributed by atoms with Crippen molar-refractivity contribution in [3.05, 3.63) is 36.9 Å². The zero-order chi connectivity index (χ0) is 20.1. The summed E-state index contributed by atoms with van der Waals surface area (Å²) in [6, 6.07) is 4.23. The highest BCUT2D eigenvalue weighted by Gasteiger charge is 2.14. The number of anilines is 1. The molecule has 1 aliphatic heterocycles. The zero-order valence-corrected chi connectivity index (χ0v) is 17.0. The third kappa shape index (κ3) is 5.02. The van der Waals surface area contributed by atoms with E-state index in [1.165, 1.54) is 6.42 Å². The van der Waals surface area contributed by atoms with Gasteiger partial charge in [-0.15, -0.1) is 0 Å². The van der Waals surface area contributed by atoms with Gasteiger partial charge < -0.3 is 20.1 Å². The molecule has 0 spiro atoms. The molecule has 1 saturated heterocycles. The second-order valence-electron chi connectivity index (χ2n) is 7.48. The van der Waals surface area contributed by atoms with E-state index < -0.39 is 0 Å². The zero-order valence-electron chi connectivity index (χ0n) is 17.0. The van der Waals surface area contributed by atoms with Gasteiger partial charge in [-0.3, -0.25) is 9.38 Å². The van der Waals surface area contributed by atoms with Crippen LogP contribution in [0.15, 0.2) is 36.9 Å². The topological polar surface area (TPSA) is 85.6 Å². The lowest BCUT2D eigenvalue weighted by Crippen LogP contribution is -2.38. The Labute approximate surface area is 170 Å². The summed E-state index contributed by atoms with van der Waals surface area (Å²) >= 11 is 0. The van der Waals surface area contributed by atoms with Gasteiger partial charge in [-0.25, -0.2) is 9.97 Å². The number of aromatic nitrogens is 4. The van der Waals surface area contributed by atoms with E-state index in [9.17, 15) is 0 Å². The maximum Gasteiger partial charge on any atom is 0.145 e. The fourth-order valence-electron chi connectivity index (χ4n) is 3.43. The third-order valence-electron chi connectivity index (χ3n) is 4.83. The number of rotatable bonds is 8. The SMILES string of the molecule is CC(C)OCCOc1ccn2c(-c3cncc(N[C@@H]4CCCNC4)n3)cnc2c1. The Hall–Kier alpha value is -2.71. The molecule has 0 aromatic carbocycles. The number of nitrogens with one attached hydrogen (secondary N) is 2. The molecule has 0 unspecified atom stereocenters. The lowest BCUT2D eigenvalue weighted by Gasteiger charge is -2.24. The minimum Gasteiger partial charge on any atom is -0.491 e. The second kappa shape index (κ2) is 9.19. The molecule has 0 aliphatic carbocycles. The number of piperidine rings is 1. The number of ether oxygens (including phenoxy) is 2. The lowest BCUT2D eigenvalue weighted by atomic mass is 10.1. The highest BCUT2D eigenvalue weighted by atomic mass is 16.5. The normalized spacial score (nSPS) is 17.0. The maximum atomic E-state index is 5.76. The smallest absolute Gasteiger partial charge is 0.145 e. The fourth-order valence-corrected chi connectivity index (χ4v) is 3.43. The molecule has 0 radical (unpaired) electrons. The van der Waals surface area contributed by atoms with Crippen LogP contribution < -0.4 is 15.4 Å². The van der Waals surface area contributed by atoms with E-state index in [0.29, 0.717) is 19.3 Å². The van der Waals surface area contributed by atoms with Crippen LogP contribution in [0.1, 0.15) is 26.7 Å². The van der Waals surface area contributed by atoms with Gasteiger partial charge in [0.15, 0.2) is 0 Å². The van der Waals surface area contributed by atoms with Crippen LogP contribution in [0.2, 0.25) is 0 Å². The van der Waals surface area contributed by atoms with E-state index in [1.807, 2.05) is 42.8 Å². The molecule has 8 nitrogen and oxygen atoms in total. The number of fused-ring (bicyclic) bond motifs is 1. The molecule has 1 aliphatic rings. The minimum absolute atomic E-state index is 0.205. The van der Waals surface area contributed by atoms with Crippen molar-refractivity contribution in [3.8, 4) is 17.1 Å². The molecule has 3 aromatic heterocycles. The number of hydrogen-bond acceptors (Lipinski definition) is 7. The van der Waals surface area contributed by atoms with Crippen LogP contribution in [0.25, 0.3) is 17.0 Å². The standard InChI is InChI=1S/C21H28N6O2/c1-15(2)28-8-9-29-17-5-7-27-19(13-24-21(27)10-17)18-12-23-14-20(26-18)25-16-4-3-6-22-11-16/h5,7,10,12-16,22H,3-4,6,8-9,11H2,1-2H3,(H,25,26)/t16-/m1/s1. The van der Waals surface area contributed by atoms with Crippen LogP contribution in [0.3, 0.4) is 0 Å². The average molecular weight is 396 g/mol. The van der Waals surface area contributed by atoms with Gasteiger partial charge >= 0.3 is 0 Å². The van der Waals surface area contributed by atoms with Gasteiger partial charge in [-0.05, 0) is 39.3 Å². The van der Waals surface area contributed by atoms with Crippen molar-refractivity contribution in [1.82, 2.24) is 24.7 Å². The van der Waals surface area contributed by atoms with Crippen LogP contribution >= 0.6 is 0 Å². The van der Waals surface area contributed by atoms with Crippen LogP contribution in [-0.4, -0.2) is 57.8 Å². The molecular formula is C21H28N6O2. The number of nitrogens with zero attached hydrogens (tertiary/aromatic N) is 4. The van der Waals surface area contributed by atoms with E-state index in [0.717, 1.165) is 48.1 Å². The first kappa shape index (κ1) is 19.6. The summed E-state index contributed by atoms with van der Waals surface area (Å²) in [6.45, 7) is 7.13. The summed E-state index contributed by atoms with van der Waals surface area (Å²) in [5.41, 5.74) is 2.48. The summed E-state index contributed by atoms with van der Waals surface area (Å²) in [7, 11) is 0. The van der Waals surface area contributed by atoms with E-state index in [4.69, 9.17) is 14.5 Å². The van der Waals surface area contributed by atoms with Gasteiger partial charge in [0.25, 0.3) is 0 Å². The Kier molecular flexibility index (Phi) is 6.21. The van der Waals surface area contributed by atoms with E-state index in [2.05, 4.69) is 20.6 Å². The molecule has 154 valence electrons. The molecule has 29 heavy (non-hydrogen) atoms. The third-order valence-corrected chi connectivity index (χ3v) is 4.83. The Balaban J connectivity index is 1.47. The Morgan fingerprint density at radius 2 is 2.21 bits per heavy atom. The van der Waals surface area contributed by atoms with Gasteiger partial charge in [0.1, 0.15) is 29.5 Å². The van der Waals surface area contributed by atoms with Crippen LogP contribution in [-0.2, 0) is 4.74 Å². The fraction of sp³-hybridized carbons (Fsp3) is 0.476. The summed E-state index contributed by atoms with van der Waals surface area (Å²) in [5.74, 6) is 1.56. The molecule has 8 heteroatoms. The van der Waals surface area contributed by atoms with E-state index >= 15 is 0 Å². The molecule has 1 fully saturated rings. The molecule has 3 aromatic rings.